The van der Waals surface area contributed by atoms with E-state index in [2.05, 4.69) is 22.5 Å². The second-order valence-electron chi connectivity index (χ2n) is 9.22. The number of hydrogen-bond acceptors (Lipinski definition) is 5. The van der Waals surface area contributed by atoms with Gasteiger partial charge in [-0.15, -0.1) is 0 Å². The third-order valence-corrected chi connectivity index (χ3v) is 8.91. The second-order valence-corrected chi connectivity index (χ2v) is 11.2. The fourth-order valence-corrected chi connectivity index (χ4v) is 6.84. The van der Waals surface area contributed by atoms with Crippen LogP contribution in [0.3, 0.4) is 0 Å². The minimum atomic E-state index is -3.19. The maximum atomic E-state index is 12.3. The Morgan fingerprint density at radius 2 is 1.74 bits per heavy atom. The van der Waals surface area contributed by atoms with Gasteiger partial charge in [-0.3, -0.25) is 9.21 Å². The third-order valence-electron chi connectivity index (χ3n) is 7.04. The van der Waals surface area contributed by atoms with Crippen molar-refractivity contribution in [3.63, 3.8) is 0 Å². The highest BCUT2D eigenvalue weighted by Crippen LogP contribution is 2.38. The fraction of sp³-hybridized carbons (Fsp3) is 0.462. The van der Waals surface area contributed by atoms with Crippen LogP contribution in [0.25, 0.3) is 22.2 Å². The Balaban J connectivity index is 1.39. The molecule has 0 radical (unpaired) electrons. The lowest BCUT2D eigenvalue weighted by molar-refractivity contribution is 0.183. The second kappa shape index (κ2) is 9.50. The number of hydrogen-bond donors (Lipinski definition) is 1. The summed E-state index contributed by atoms with van der Waals surface area (Å²) in [5, 5.41) is 1.01. The number of ether oxygens (including phenoxy) is 1. The first-order valence-corrected chi connectivity index (χ1v) is 14.0. The SMILES string of the molecule is CCn1c(-c2ccc(N3CCCS3(=O)=O)cc2)c(N)c2ccc(OCCN3CCCCC3)cc21. The fourth-order valence-electron chi connectivity index (χ4n) is 5.28. The highest BCUT2D eigenvalue weighted by atomic mass is 32.2. The van der Waals surface area contributed by atoms with E-state index in [0.717, 1.165) is 46.7 Å². The average Bonchev–Trinajstić information content (AvgIpc) is 3.35. The van der Waals surface area contributed by atoms with Gasteiger partial charge < -0.3 is 15.0 Å². The molecular weight excluding hydrogens is 448 g/mol. The van der Waals surface area contributed by atoms with Crippen molar-refractivity contribution in [2.45, 2.75) is 39.2 Å². The van der Waals surface area contributed by atoms with Crippen molar-refractivity contribution >= 4 is 32.3 Å². The van der Waals surface area contributed by atoms with Crippen LogP contribution in [0.15, 0.2) is 42.5 Å². The smallest absolute Gasteiger partial charge is 0.235 e. The normalized spacial score (nSPS) is 18.6. The van der Waals surface area contributed by atoms with Crippen LogP contribution < -0.4 is 14.8 Å². The summed E-state index contributed by atoms with van der Waals surface area (Å²) in [6.45, 7) is 7.40. The number of benzene rings is 2. The van der Waals surface area contributed by atoms with Crippen LogP contribution in [0.4, 0.5) is 11.4 Å². The minimum absolute atomic E-state index is 0.216. The van der Waals surface area contributed by atoms with Crippen LogP contribution in [-0.4, -0.2) is 56.4 Å². The number of nitrogen functional groups attached to an aromatic ring is 1. The third kappa shape index (κ3) is 4.36. The topological polar surface area (TPSA) is 80.8 Å². The lowest BCUT2D eigenvalue weighted by Crippen LogP contribution is -2.33. The van der Waals surface area contributed by atoms with Crippen molar-refractivity contribution in [1.82, 2.24) is 9.47 Å². The molecule has 2 aromatic carbocycles. The van der Waals surface area contributed by atoms with E-state index in [1.165, 1.54) is 36.7 Å². The highest BCUT2D eigenvalue weighted by Gasteiger charge is 2.28. The van der Waals surface area contributed by atoms with Gasteiger partial charge >= 0.3 is 0 Å². The van der Waals surface area contributed by atoms with Crippen molar-refractivity contribution < 1.29 is 13.2 Å². The van der Waals surface area contributed by atoms with Crippen molar-refractivity contribution in [3.8, 4) is 17.0 Å². The van der Waals surface area contributed by atoms with Crippen LogP contribution in [-0.2, 0) is 16.6 Å². The van der Waals surface area contributed by atoms with Crippen LogP contribution in [0, 0.1) is 0 Å². The Bertz CT molecular complexity index is 1260. The van der Waals surface area contributed by atoms with Crippen molar-refractivity contribution in [3.05, 3.63) is 42.5 Å². The molecule has 34 heavy (non-hydrogen) atoms. The molecule has 2 aliphatic rings. The van der Waals surface area contributed by atoms with Crippen LogP contribution in [0.1, 0.15) is 32.6 Å². The summed E-state index contributed by atoms with van der Waals surface area (Å²) in [4.78, 5) is 2.48. The van der Waals surface area contributed by atoms with Gasteiger partial charge in [-0.2, -0.15) is 0 Å². The van der Waals surface area contributed by atoms with E-state index in [-0.39, 0.29) is 5.75 Å². The Morgan fingerprint density at radius 1 is 0.971 bits per heavy atom. The first-order valence-electron chi connectivity index (χ1n) is 12.4. The number of nitrogens with zero attached hydrogens (tertiary/aromatic N) is 3. The van der Waals surface area contributed by atoms with E-state index in [1.807, 2.05) is 36.4 Å². The number of rotatable bonds is 7. The molecule has 3 aromatic rings. The van der Waals surface area contributed by atoms with Crippen LogP contribution in [0.2, 0.25) is 0 Å². The summed E-state index contributed by atoms with van der Waals surface area (Å²) in [5.41, 5.74) is 11.1. The predicted octanol–water partition coefficient (Wildman–Crippen LogP) is 4.32. The maximum absolute atomic E-state index is 12.3. The summed E-state index contributed by atoms with van der Waals surface area (Å²) in [6, 6.07) is 13.8. The van der Waals surface area contributed by atoms with E-state index < -0.39 is 10.0 Å². The van der Waals surface area contributed by atoms with Crippen molar-refractivity contribution in [2.75, 3.05) is 48.6 Å². The number of nitrogens with two attached hydrogens (primary N) is 1. The zero-order valence-corrected chi connectivity index (χ0v) is 20.7. The van der Waals surface area contributed by atoms with Gasteiger partial charge in [0.1, 0.15) is 12.4 Å². The molecule has 1 aromatic heterocycles. The first kappa shape index (κ1) is 23.1. The van der Waals surface area contributed by atoms with Gasteiger partial charge in [-0.25, -0.2) is 8.42 Å². The largest absolute Gasteiger partial charge is 0.492 e. The van der Waals surface area contributed by atoms with E-state index in [1.54, 1.807) is 0 Å². The van der Waals surface area contributed by atoms with Gasteiger partial charge in [0, 0.05) is 36.7 Å². The quantitative estimate of drug-likeness (QED) is 0.543. The van der Waals surface area contributed by atoms with Gasteiger partial charge in [0.05, 0.1) is 28.3 Å². The Hall–Kier alpha value is -2.71. The molecule has 0 bridgehead atoms. The number of likely N-dealkylation sites (tertiary alicyclic amines) is 1. The monoisotopic (exact) mass is 482 g/mol. The molecule has 0 aliphatic carbocycles. The summed E-state index contributed by atoms with van der Waals surface area (Å²) in [7, 11) is -3.19. The van der Waals surface area contributed by atoms with E-state index >= 15 is 0 Å². The lowest BCUT2D eigenvalue weighted by Gasteiger charge is -2.26. The molecule has 2 N–H and O–H groups in total. The molecule has 0 spiro atoms. The lowest BCUT2D eigenvalue weighted by atomic mass is 10.1. The minimum Gasteiger partial charge on any atom is -0.492 e. The van der Waals surface area contributed by atoms with E-state index in [9.17, 15) is 8.42 Å². The van der Waals surface area contributed by atoms with Gasteiger partial charge in [0.2, 0.25) is 10.0 Å². The van der Waals surface area contributed by atoms with Crippen LogP contribution >= 0.6 is 0 Å². The van der Waals surface area contributed by atoms with Crippen molar-refractivity contribution in [2.24, 2.45) is 0 Å². The first-order chi connectivity index (χ1) is 16.5. The van der Waals surface area contributed by atoms with Gasteiger partial charge in [-0.1, -0.05) is 18.6 Å². The Morgan fingerprint density at radius 3 is 2.41 bits per heavy atom. The summed E-state index contributed by atoms with van der Waals surface area (Å²) in [6.07, 6.45) is 4.58. The number of sulfonamides is 1. The van der Waals surface area contributed by atoms with Gasteiger partial charge in [-0.05, 0) is 63.5 Å². The van der Waals surface area contributed by atoms with Crippen molar-refractivity contribution in [1.29, 1.82) is 0 Å². The molecule has 2 saturated heterocycles. The summed E-state index contributed by atoms with van der Waals surface area (Å²) >= 11 is 0. The Labute approximate surface area is 202 Å². The zero-order valence-electron chi connectivity index (χ0n) is 19.9. The summed E-state index contributed by atoms with van der Waals surface area (Å²) < 4.78 is 34.4. The Kier molecular flexibility index (Phi) is 6.44. The molecule has 182 valence electrons. The highest BCUT2D eigenvalue weighted by molar-refractivity contribution is 7.93. The molecule has 2 aliphatic heterocycles. The van der Waals surface area contributed by atoms with Crippen LogP contribution in [0.5, 0.6) is 5.75 Å². The van der Waals surface area contributed by atoms with E-state index in [0.29, 0.717) is 25.3 Å². The number of fused-ring (bicyclic) bond motifs is 1. The van der Waals surface area contributed by atoms with Gasteiger partial charge in [0.25, 0.3) is 0 Å². The summed E-state index contributed by atoms with van der Waals surface area (Å²) in [5.74, 6) is 1.08. The average molecular weight is 483 g/mol. The molecular formula is C26H34N4O3S. The maximum Gasteiger partial charge on any atom is 0.235 e. The molecule has 0 amide bonds. The molecule has 3 heterocycles. The molecule has 2 fully saturated rings. The number of aryl methyl sites for hydroxylation is 1. The standard InChI is InChI=1S/C26H34N4O3S/c1-2-29-24-19-22(33-17-16-28-13-4-3-5-14-28)11-12-23(24)25(27)26(29)20-7-9-21(10-8-20)30-15-6-18-34(30,31)32/h7-12,19H,2-6,13-18,27H2,1H3. The molecule has 0 atom stereocenters. The molecule has 8 heteroatoms. The van der Waals surface area contributed by atoms with E-state index in [4.69, 9.17) is 10.5 Å². The number of anilines is 2. The number of piperidine rings is 1. The molecule has 7 nitrogen and oxygen atoms in total. The molecule has 0 saturated carbocycles. The van der Waals surface area contributed by atoms with Gasteiger partial charge in [0.15, 0.2) is 0 Å². The molecule has 5 rings (SSSR count). The predicted molar refractivity (Wildman–Crippen MR) is 139 cm³/mol. The molecule has 0 unspecified atom stereocenters. The zero-order chi connectivity index (χ0) is 23.7. The number of aromatic nitrogens is 1.